The molecule has 0 saturated carbocycles. The summed E-state index contributed by atoms with van der Waals surface area (Å²) < 4.78 is 1.84. The van der Waals surface area contributed by atoms with Crippen molar-refractivity contribution in [3.63, 3.8) is 0 Å². The summed E-state index contributed by atoms with van der Waals surface area (Å²) in [6, 6.07) is 5.40. The van der Waals surface area contributed by atoms with Gasteiger partial charge in [-0.15, -0.1) is 5.10 Å². The Morgan fingerprint density at radius 2 is 1.93 bits per heavy atom. The van der Waals surface area contributed by atoms with Crippen LogP contribution in [0.4, 0.5) is 0 Å². The van der Waals surface area contributed by atoms with Gasteiger partial charge in [-0.2, -0.15) is 0 Å². The summed E-state index contributed by atoms with van der Waals surface area (Å²) in [5.41, 5.74) is 1.29. The van der Waals surface area contributed by atoms with Crippen LogP contribution in [0.5, 0.6) is 5.75 Å². The maximum Gasteiger partial charge on any atom is 0.276 e. The van der Waals surface area contributed by atoms with Crippen molar-refractivity contribution in [3.05, 3.63) is 40.7 Å². The van der Waals surface area contributed by atoms with Gasteiger partial charge in [0.25, 0.3) is 5.91 Å². The normalized spacial score (nSPS) is 18.9. The van der Waals surface area contributed by atoms with E-state index in [4.69, 9.17) is 11.6 Å². The van der Waals surface area contributed by atoms with Crippen molar-refractivity contribution in [1.29, 1.82) is 0 Å². The number of nitrogens with zero attached hydrogens (tertiary/aromatic N) is 5. The summed E-state index contributed by atoms with van der Waals surface area (Å²) >= 11 is 6.03. The molecule has 2 saturated heterocycles. The number of halogens is 1. The van der Waals surface area contributed by atoms with E-state index < -0.39 is 0 Å². The monoisotopic (exact) mass is 389 g/mol. The zero-order valence-electron chi connectivity index (χ0n) is 15.2. The molecule has 0 atom stereocenters. The Morgan fingerprint density at radius 1 is 1.19 bits per heavy atom. The second kappa shape index (κ2) is 7.86. The number of hydrogen-bond donors (Lipinski definition) is 1. The summed E-state index contributed by atoms with van der Waals surface area (Å²) in [4.78, 5) is 16.6. The molecule has 0 unspecified atom stereocenters. The van der Waals surface area contributed by atoms with Gasteiger partial charge in [-0.1, -0.05) is 16.8 Å². The van der Waals surface area contributed by atoms with E-state index in [0.717, 1.165) is 57.4 Å². The van der Waals surface area contributed by atoms with Crippen molar-refractivity contribution in [3.8, 4) is 5.75 Å². The molecule has 2 fully saturated rings. The third-order valence-electron chi connectivity index (χ3n) is 5.49. The number of phenolic OH excluding ortho intramolecular Hbond substituents is 1. The van der Waals surface area contributed by atoms with Gasteiger partial charge >= 0.3 is 0 Å². The first kappa shape index (κ1) is 18.3. The van der Waals surface area contributed by atoms with Gasteiger partial charge in [-0.25, -0.2) is 4.68 Å². The fourth-order valence-corrected chi connectivity index (χ4v) is 4.09. The molecule has 2 aliphatic heterocycles. The zero-order valence-corrected chi connectivity index (χ0v) is 16.0. The van der Waals surface area contributed by atoms with E-state index in [1.165, 1.54) is 0 Å². The third-order valence-corrected chi connectivity index (χ3v) is 5.72. The van der Waals surface area contributed by atoms with E-state index in [2.05, 4.69) is 15.2 Å². The second-order valence-corrected chi connectivity index (χ2v) is 7.80. The molecular weight excluding hydrogens is 366 g/mol. The highest BCUT2D eigenvalue weighted by molar-refractivity contribution is 6.30. The molecule has 3 heterocycles. The number of phenols is 1. The summed E-state index contributed by atoms with van der Waals surface area (Å²) in [6.45, 7) is 4.10. The van der Waals surface area contributed by atoms with E-state index in [0.29, 0.717) is 17.3 Å². The van der Waals surface area contributed by atoms with E-state index in [9.17, 15) is 9.90 Å². The minimum absolute atomic E-state index is 0.00684. The van der Waals surface area contributed by atoms with Gasteiger partial charge in [-0.05, 0) is 43.9 Å². The molecule has 8 heteroatoms. The van der Waals surface area contributed by atoms with Gasteiger partial charge in [-0.3, -0.25) is 9.69 Å². The van der Waals surface area contributed by atoms with Crippen LogP contribution in [0.2, 0.25) is 5.02 Å². The standard InChI is InChI=1S/C19H24ClN5O2/c20-15-3-4-18(26)14(11-15)12-23-9-5-16(6-10-23)25-13-17(21-22-25)19(27)24-7-1-2-8-24/h3-4,11,13,16,26H,1-2,5-10,12H2. The van der Waals surface area contributed by atoms with Crippen LogP contribution in [0.1, 0.15) is 47.8 Å². The second-order valence-electron chi connectivity index (χ2n) is 7.36. The number of aromatic hydroxyl groups is 1. The Bertz CT molecular complexity index is 810. The Morgan fingerprint density at radius 3 is 2.67 bits per heavy atom. The average molecular weight is 390 g/mol. The number of piperidine rings is 1. The van der Waals surface area contributed by atoms with Crippen molar-refractivity contribution < 1.29 is 9.90 Å². The first-order valence-corrected chi connectivity index (χ1v) is 9.89. The van der Waals surface area contributed by atoms with Crippen molar-refractivity contribution in [2.75, 3.05) is 26.2 Å². The van der Waals surface area contributed by atoms with E-state index in [1.54, 1.807) is 18.3 Å². The number of carbonyl (C=O) groups excluding carboxylic acids is 1. The fraction of sp³-hybridized carbons (Fsp3) is 0.526. The van der Waals surface area contributed by atoms with E-state index >= 15 is 0 Å². The lowest BCUT2D eigenvalue weighted by atomic mass is 10.0. The predicted molar refractivity (Wildman–Crippen MR) is 102 cm³/mol. The lowest BCUT2D eigenvalue weighted by Gasteiger charge is -2.31. The number of benzene rings is 1. The van der Waals surface area contributed by atoms with Crippen molar-refractivity contribution >= 4 is 17.5 Å². The molecule has 1 aromatic carbocycles. The Labute approximate surface area is 163 Å². The first-order chi connectivity index (χ1) is 13.1. The quantitative estimate of drug-likeness (QED) is 0.870. The minimum Gasteiger partial charge on any atom is -0.508 e. The van der Waals surface area contributed by atoms with Crippen LogP contribution in [0.15, 0.2) is 24.4 Å². The molecular formula is C19H24ClN5O2. The predicted octanol–water partition coefficient (Wildman–Crippen LogP) is 2.71. The first-order valence-electron chi connectivity index (χ1n) is 9.51. The van der Waals surface area contributed by atoms with Crippen LogP contribution < -0.4 is 0 Å². The number of amides is 1. The number of rotatable bonds is 4. The molecule has 2 aliphatic rings. The highest BCUT2D eigenvalue weighted by Crippen LogP contribution is 2.27. The summed E-state index contributed by atoms with van der Waals surface area (Å²) in [7, 11) is 0. The Kier molecular flexibility index (Phi) is 5.31. The molecule has 0 spiro atoms. The van der Waals surface area contributed by atoms with Crippen LogP contribution in [-0.2, 0) is 6.54 Å². The molecule has 0 bridgehead atoms. The van der Waals surface area contributed by atoms with Gasteiger partial charge in [0.15, 0.2) is 5.69 Å². The lowest BCUT2D eigenvalue weighted by molar-refractivity contribution is 0.0787. The lowest BCUT2D eigenvalue weighted by Crippen LogP contribution is -2.34. The van der Waals surface area contributed by atoms with Crippen molar-refractivity contribution in [2.24, 2.45) is 0 Å². The average Bonchev–Trinajstić information content (AvgIpc) is 3.37. The molecule has 2 aromatic rings. The van der Waals surface area contributed by atoms with Gasteiger partial charge in [0.2, 0.25) is 0 Å². The van der Waals surface area contributed by atoms with Gasteiger partial charge in [0, 0.05) is 43.3 Å². The number of aromatic nitrogens is 3. The van der Waals surface area contributed by atoms with E-state index in [-0.39, 0.29) is 17.7 Å². The Hall–Kier alpha value is -2.12. The van der Waals surface area contributed by atoms with Gasteiger partial charge in [0.05, 0.1) is 12.2 Å². The largest absolute Gasteiger partial charge is 0.508 e. The topological polar surface area (TPSA) is 74.5 Å². The maximum atomic E-state index is 12.4. The third kappa shape index (κ3) is 4.09. The summed E-state index contributed by atoms with van der Waals surface area (Å²) in [6.07, 6.45) is 5.80. The molecule has 0 radical (unpaired) electrons. The molecule has 144 valence electrons. The summed E-state index contributed by atoms with van der Waals surface area (Å²) in [5, 5.41) is 18.9. The molecule has 7 nitrogen and oxygen atoms in total. The highest BCUT2D eigenvalue weighted by atomic mass is 35.5. The minimum atomic E-state index is -0.00684. The van der Waals surface area contributed by atoms with Crippen LogP contribution in [0.3, 0.4) is 0 Å². The molecule has 0 aliphatic carbocycles. The van der Waals surface area contributed by atoms with E-state index in [1.807, 2.05) is 15.6 Å². The zero-order chi connectivity index (χ0) is 18.8. The number of hydrogen-bond acceptors (Lipinski definition) is 5. The number of likely N-dealkylation sites (tertiary alicyclic amines) is 2. The molecule has 27 heavy (non-hydrogen) atoms. The summed E-state index contributed by atoms with van der Waals surface area (Å²) in [5.74, 6) is 0.274. The molecule has 1 aromatic heterocycles. The maximum absolute atomic E-state index is 12.4. The van der Waals surface area contributed by atoms with Gasteiger partial charge in [0.1, 0.15) is 5.75 Å². The van der Waals surface area contributed by atoms with Crippen molar-refractivity contribution in [1.82, 2.24) is 24.8 Å². The van der Waals surface area contributed by atoms with Crippen LogP contribution in [-0.4, -0.2) is 62.0 Å². The van der Waals surface area contributed by atoms with Gasteiger partial charge < -0.3 is 10.0 Å². The highest BCUT2D eigenvalue weighted by Gasteiger charge is 2.26. The van der Waals surface area contributed by atoms with Crippen LogP contribution in [0, 0.1) is 0 Å². The SMILES string of the molecule is O=C(c1cn(C2CCN(Cc3cc(Cl)ccc3O)CC2)nn1)N1CCCC1. The van der Waals surface area contributed by atoms with Crippen molar-refractivity contribution in [2.45, 2.75) is 38.3 Å². The molecule has 4 rings (SSSR count). The Balaban J connectivity index is 1.34. The van der Waals surface area contributed by atoms with Crippen LogP contribution >= 0.6 is 11.6 Å². The van der Waals surface area contributed by atoms with Crippen LogP contribution in [0.25, 0.3) is 0 Å². The number of carbonyl (C=O) groups is 1. The smallest absolute Gasteiger partial charge is 0.276 e. The molecule has 1 amide bonds. The molecule has 1 N–H and O–H groups in total. The fourth-order valence-electron chi connectivity index (χ4n) is 3.90.